The lowest BCUT2D eigenvalue weighted by Gasteiger charge is -2.11. The number of pyridine rings is 1. The topological polar surface area (TPSA) is 106 Å². The molecule has 1 aromatic carbocycles. The molecule has 3 rings (SSSR count). The molecule has 4 N–H and O–H groups in total. The number of hydrogen-bond donors (Lipinski definition) is 3. The number of nitrogens with two attached hydrogens (primary N) is 1. The SMILES string of the molecule is Br.CC(=O)Nc1cc(F)c(-n2cc(Br)c3[nH]nc(N)c3c2=O)c(F)c1. The lowest BCUT2D eigenvalue weighted by Crippen LogP contribution is -2.21. The average molecular weight is 479 g/mol. The van der Waals surface area contributed by atoms with Gasteiger partial charge in [0.05, 0.1) is 9.99 Å². The number of anilines is 2. The van der Waals surface area contributed by atoms with Gasteiger partial charge in [0.25, 0.3) is 5.56 Å². The molecule has 0 aliphatic heterocycles. The Morgan fingerprint density at radius 2 is 1.96 bits per heavy atom. The zero-order valence-electron chi connectivity index (χ0n) is 12.6. The first-order valence-corrected chi connectivity index (χ1v) is 7.40. The van der Waals surface area contributed by atoms with Gasteiger partial charge < -0.3 is 11.1 Å². The van der Waals surface area contributed by atoms with Crippen molar-refractivity contribution in [2.75, 3.05) is 11.1 Å². The monoisotopic (exact) mass is 477 g/mol. The van der Waals surface area contributed by atoms with Crippen LogP contribution in [0.2, 0.25) is 0 Å². The highest BCUT2D eigenvalue weighted by Gasteiger charge is 2.19. The molecule has 0 aliphatic carbocycles. The fourth-order valence-electron chi connectivity index (χ4n) is 2.34. The maximum atomic E-state index is 14.4. The molecule has 0 saturated heterocycles. The van der Waals surface area contributed by atoms with Gasteiger partial charge in [0.15, 0.2) is 17.5 Å². The van der Waals surface area contributed by atoms with E-state index in [0.717, 1.165) is 16.7 Å². The lowest BCUT2D eigenvalue weighted by molar-refractivity contribution is -0.114. The number of carbonyl (C=O) groups is 1. The summed E-state index contributed by atoms with van der Waals surface area (Å²) < 4.78 is 29.9. The number of benzene rings is 1. The number of carbonyl (C=O) groups excluding carboxylic acids is 1. The number of H-pyrrole nitrogens is 1. The van der Waals surface area contributed by atoms with E-state index in [-0.39, 0.29) is 33.9 Å². The van der Waals surface area contributed by atoms with E-state index in [1.54, 1.807) is 0 Å². The summed E-state index contributed by atoms with van der Waals surface area (Å²) in [5.74, 6) is -2.60. The minimum Gasteiger partial charge on any atom is -0.382 e. The normalized spacial score (nSPS) is 10.6. The van der Waals surface area contributed by atoms with E-state index in [1.807, 2.05) is 0 Å². The van der Waals surface area contributed by atoms with Crippen LogP contribution < -0.4 is 16.6 Å². The van der Waals surface area contributed by atoms with Crippen LogP contribution in [0.1, 0.15) is 6.92 Å². The van der Waals surface area contributed by atoms with Crippen LogP contribution in [0.5, 0.6) is 0 Å². The van der Waals surface area contributed by atoms with Gasteiger partial charge in [-0.2, -0.15) is 5.10 Å². The molecule has 0 saturated carbocycles. The third kappa shape index (κ3) is 3.29. The number of amides is 1. The Kier molecular flexibility index (Phi) is 5.28. The molecule has 0 radical (unpaired) electrons. The summed E-state index contributed by atoms with van der Waals surface area (Å²) in [6, 6.07) is 1.84. The summed E-state index contributed by atoms with van der Waals surface area (Å²) >= 11 is 3.20. The quantitative estimate of drug-likeness (QED) is 0.526. The van der Waals surface area contributed by atoms with Crippen molar-refractivity contribution >= 4 is 61.2 Å². The van der Waals surface area contributed by atoms with E-state index in [4.69, 9.17) is 5.73 Å². The Balaban J connectivity index is 0.00000225. The Labute approximate surface area is 158 Å². The second-order valence-electron chi connectivity index (χ2n) is 4.98. The van der Waals surface area contributed by atoms with Crippen molar-refractivity contribution in [1.82, 2.24) is 14.8 Å². The number of nitrogens with one attached hydrogen (secondary N) is 2. The summed E-state index contributed by atoms with van der Waals surface area (Å²) in [5.41, 5.74) is 4.58. The van der Waals surface area contributed by atoms with Gasteiger partial charge in [-0.3, -0.25) is 19.3 Å². The second kappa shape index (κ2) is 6.92. The number of nitrogen functional groups attached to an aromatic ring is 1. The highest BCUT2D eigenvalue weighted by molar-refractivity contribution is 9.10. The lowest BCUT2D eigenvalue weighted by atomic mass is 10.2. The van der Waals surface area contributed by atoms with Gasteiger partial charge >= 0.3 is 0 Å². The summed E-state index contributed by atoms with van der Waals surface area (Å²) in [6.45, 7) is 1.21. The minimum atomic E-state index is -1.02. The zero-order chi connectivity index (χ0) is 17.6. The van der Waals surface area contributed by atoms with Crippen LogP contribution in [0.4, 0.5) is 20.3 Å². The van der Waals surface area contributed by atoms with E-state index in [1.165, 1.54) is 13.1 Å². The summed E-state index contributed by atoms with van der Waals surface area (Å²) in [5, 5.41) is 8.57. The molecule has 2 heterocycles. The Morgan fingerprint density at radius 3 is 2.52 bits per heavy atom. The first-order valence-electron chi connectivity index (χ1n) is 6.61. The maximum Gasteiger partial charge on any atom is 0.268 e. The van der Waals surface area contributed by atoms with E-state index in [9.17, 15) is 18.4 Å². The molecule has 0 atom stereocenters. The fourth-order valence-corrected chi connectivity index (χ4v) is 2.83. The molecule has 25 heavy (non-hydrogen) atoms. The van der Waals surface area contributed by atoms with E-state index >= 15 is 0 Å². The number of rotatable bonds is 2. The van der Waals surface area contributed by atoms with Crippen LogP contribution in [-0.4, -0.2) is 20.7 Å². The van der Waals surface area contributed by atoms with Crippen molar-refractivity contribution in [3.63, 3.8) is 0 Å². The molecular formula is C14H11Br2F2N5O2. The molecule has 2 aromatic heterocycles. The predicted octanol–water partition coefficient (Wildman–Crippen LogP) is 2.87. The van der Waals surface area contributed by atoms with Gasteiger partial charge in [0, 0.05) is 18.8 Å². The minimum absolute atomic E-state index is 0. The molecule has 11 heteroatoms. The van der Waals surface area contributed by atoms with Crippen molar-refractivity contribution < 1.29 is 13.6 Å². The highest BCUT2D eigenvalue weighted by atomic mass is 79.9. The van der Waals surface area contributed by atoms with Crippen molar-refractivity contribution in [3.8, 4) is 5.69 Å². The van der Waals surface area contributed by atoms with Gasteiger partial charge in [0.1, 0.15) is 11.1 Å². The van der Waals surface area contributed by atoms with Gasteiger partial charge in [-0.1, -0.05) is 0 Å². The average Bonchev–Trinajstić information content (AvgIpc) is 2.85. The van der Waals surface area contributed by atoms with Crippen molar-refractivity contribution in [2.24, 2.45) is 0 Å². The van der Waals surface area contributed by atoms with Crippen LogP contribution in [0.15, 0.2) is 27.6 Å². The number of aromatic amines is 1. The summed E-state index contributed by atoms with van der Waals surface area (Å²) in [7, 11) is 0. The maximum absolute atomic E-state index is 14.4. The summed E-state index contributed by atoms with van der Waals surface area (Å²) in [6.07, 6.45) is 1.21. The third-order valence-electron chi connectivity index (χ3n) is 3.29. The first kappa shape index (κ1) is 19.1. The standard InChI is InChI=1S/C14H10BrF2N5O2.BrH/c1-5(23)19-6-2-8(16)12(9(17)3-6)22-4-7(15)11-10(14(22)24)13(18)21-20-11;/h2-4H,1H3,(H,19,23)(H3,18,20,21);1H. The van der Waals surface area contributed by atoms with E-state index in [2.05, 4.69) is 31.4 Å². The number of hydrogen-bond acceptors (Lipinski definition) is 4. The Hall–Kier alpha value is -2.27. The molecule has 0 aliphatic rings. The van der Waals surface area contributed by atoms with Gasteiger partial charge in [0.2, 0.25) is 5.91 Å². The molecule has 3 aromatic rings. The van der Waals surface area contributed by atoms with Crippen molar-refractivity contribution in [2.45, 2.75) is 6.92 Å². The van der Waals surface area contributed by atoms with Crippen LogP contribution in [-0.2, 0) is 4.79 Å². The van der Waals surface area contributed by atoms with Crippen molar-refractivity contribution in [3.05, 3.63) is 44.8 Å². The smallest absolute Gasteiger partial charge is 0.268 e. The molecule has 7 nitrogen and oxygen atoms in total. The van der Waals surface area contributed by atoms with Crippen molar-refractivity contribution in [1.29, 1.82) is 0 Å². The van der Waals surface area contributed by atoms with Crippen LogP contribution in [0.3, 0.4) is 0 Å². The Bertz CT molecular complexity index is 1020. The molecule has 132 valence electrons. The molecule has 0 unspecified atom stereocenters. The van der Waals surface area contributed by atoms with E-state index in [0.29, 0.717) is 9.99 Å². The van der Waals surface area contributed by atoms with Crippen LogP contribution >= 0.6 is 32.9 Å². The number of fused-ring (bicyclic) bond motifs is 1. The van der Waals surface area contributed by atoms with E-state index < -0.39 is 28.8 Å². The predicted molar refractivity (Wildman–Crippen MR) is 98.3 cm³/mol. The molecule has 1 amide bonds. The molecule has 0 bridgehead atoms. The van der Waals surface area contributed by atoms with Gasteiger partial charge in [-0.15, -0.1) is 17.0 Å². The second-order valence-corrected chi connectivity index (χ2v) is 5.84. The summed E-state index contributed by atoms with van der Waals surface area (Å²) in [4.78, 5) is 23.5. The molecular weight excluding hydrogens is 468 g/mol. The zero-order valence-corrected chi connectivity index (χ0v) is 15.9. The Morgan fingerprint density at radius 1 is 1.36 bits per heavy atom. The highest BCUT2D eigenvalue weighted by Crippen LogP contribution is 2.26. The van der Waals surface area contributed by atoms with Crippen LogP contribution in [0, 0.1) is 11.6 Å². The number of nitrogens with zero attached hydrogens (tertiary/aromatic N) is 2. The number of aromatic nitrogens is 3. The van der Waals surface area contributed by atoms with Crippen LogP contribution in [0.25, 0.3) is 16.6 Å². The fraction of sp³-hybridized carbons (Fsp3) is 0.0714. The first-order chi connectivity index (χ1) is 11.3. The molecule has 0 spiro atoms. The van der Waals surface area contributed by atoms with Gasteiger partial charge in [-0.25, -0.2) is 8.78 Å². The van der Waals surface area contributed by atoms with Gasteiger partial charge in [-0.05, 0) is 28.1 Å². The third-order valence-corrected chi connectivity index (χ3v) is 3.89. The molecule has 0 fully saturated rings. The largest absolute Gasteiger partial charge is 0.382 e. The number of halogens is 4.